The van der Waals surface area contributed by atoms with Crippen molar-refractivity contribution in [3.63, 3.8) is 0 Å². The van der Waals surface area contributed by atoms with E-state index in [1.165, 1.54) is 41.2 Å². The Morgan fingerprint density at radius 2 is 1.79 bits per heavy atom. The van der Waals surface area contributed by atoms with Crippen LogP contribution in [0.15, 0.2) is 76.2 Å². The van der Waals surface area contributed by atoms with Crippen molar-refractivity contribution in [3.8, 4) is 5.69 Å². The van der Waals surface area contributed by atoms with Crippen LogP contribution in [-0.2, 0) is 10.0 Å². The van der Waals surface area contributed by atoms with Gasteiger partial charge in [0.25, 0.3) is 10.0 Å². The highest BCUT2D eigenvalue weighted by atomic mass is 79.9. The Balaban J connectivity index is 1.53. The SMILES string of the molecule is Cc1ccc(S(=O)(=O)n2c(C(=O)c3cnn(-c4ccc5nc(C)[nH]c5c4)c3N)cc3c(F)cc(Br)cc32)cc1. The van der Waals surface area contributed by atoms with E-state index in [4.69, 9.17) is 5.73 Å². The van der Waals surface area contributed by atoms with Crippen LogP contribution in [0, 0.1) is 19.7 Å². The van der Waals surface area contributed by atoms with Crippen LogP contribution in [0.1, 0.15) is 27.4 Å². The number of benzene rings is 3. The van der Waals surface area contributed by atoms with Gasteiger partial charge in [-0.25, -0.2) is 26.4 Å². The summed E-state index contributed by atoms with van der Waals surface area (Å²) in [6.07, 6.45) is 1.27. The van der Waals surface area contributed by atoms with E-state index in [-0.39, 0.29) is 32.9 Å². The molecule has 3 heterocycles. The number of carbonyl (C=O) groups is 1. The predicted molar refractivity (Wildman–Crippen MR) is 149 cm³/mol. The summed E-state index contributed by atoms with van der Waals surface area (Å²) >= 11 is 3.23. The Labute approximate surface area is 230 Å². The van der Waals surface area contributed by atoms with Crippen molar-refractivity contribution in [3.05, 3.63) is 99.8 Å². The minimum Gasteiger partial charge on any atom is -0.383 e. The van der Waals surface area contributed by atoms with Crippen molar-refractivity contribution < 1.29 is 17.6 Å². The van der Waals surface area contributed by atoms with Gasteiger partial charge in [-0.15, -0.1) is 0 Å². The Morgan fingerprint density at radius 1 is 1.05 bits per heavy atom. The van der Waals surface area contributed by atoms with Crippen molar-refractivity contribution in [1.29, 1.82) is 0 Å². The van der Waals surface area contributed by atoms with Crippen LogP contribution in [-0.4, -0.2) is 37.9 Å². The summed E-state index contributed by atoms with van der Waals surface area (Å²) in [5, 5.41) is 4.26. The van der Waals surface area contributed by atoms with E-state index < -0.39 is 21.6 Å². The highest BCUT2D eigenvalue weighted by Gasteiger charge is 2.30. The van der Waals surface area contributed by atoms with E-state index in [1.807, 2.05) is 13.8 Å². The van der Waals surface area contributed by atoms with E-state index >= 15 is 0 Å². The first-order valence-corrected chi connectivity index (χ1v) is 14.0. The van der Waals surface area contributed by atoms with Gasteiger partial charge in [-0.05, 0) is 62.4 Å². The van der Waals surface area contributed by atoms with E-state index in [0.717, 1.165) is 26.4 Å². The zero-order valence-electron chi connectivity index (χ0n) is 20.6. The third-order valence-corrected chi connectivity index (χ3v) is 8.66. The number of nitrogens with one attached hydrogen (secondary N) is 1. The molecule has 0 spiro atoms. The normalized spacial score (nSPS) is 12.0. The fourth-order valence-electron chi connectivity index (χ4n) is 4.57. The summed E-state index contributed by atoms with van der Waals surface area (Å²) < 4.78 is 45.2. The molecule has 0 saturated heterocycles. The lowest BCUT2D eigenvalue weighted by Crippen LogP contribution is -2.19. The second-order valence-electron chi connectivity index (χ2n) is 9.14. The fourth-order valence-corrected chi connectivity index (χ4v) is 6.49. The van der Waals surface area contributed by atoms with Crippen molar-refractivity contribution in [1.82, 2.24) is 23.7 Å². The minimum absolute atomic E-state index is 0.00165. The Hall–Kier alpha value is -4.29. The van der Waals surface area contributed by atoms with E-state index in [1.54, 1.807) is 30.3 Å². The van der Waals surface area contributed by atoms with Gasteiger partial charge in [0.2, 0.25) is 5.78 Å². The lowest BCUT2D eigenvalue weighted by atomic mass is 10.1. The highest BCUT2D eigenvalue weighted by Crippen LogP contribution is 2.33. The van der Waals surface area contributed by atoms with Gasteiger partial charge in [0.15, 0.2) is 0 Å². The van der Waals surface area contributed by atoms with Gasteiger partial charge >= 0.3 is 0 Å². The van der Waals surface area contributed by atoms with Crippen LogP contribution in [0.2, 0.25) is 0 Å². The molecule has 3 aromatic heterocycles. The van der Waals surface area contributed by atoms with E-state index in [9.17, 15) is 17.6 Å². The topological polar surface area (TPSA) is 129 Å². The Bertz CT molecular complexity index is 2060. The van der Waals surface area contributed by atoms with Gasteiger partial charge in [-0.1, -0.05) is 33.6 Å². The van der Waals surface area contributed by atoms with Crippen molar-refractivity contribution in [2.24, 2.45) is 0 Å². The molecule has 0 aliphatic heterocycles. The Kier molecular flexibility index (Phi) is 5.70. The molecule has 0 saturated carbocycles. The quantitative estimate of drug-likeness (QED) is 0.257. The number of nitrogens with two attached hydrogens (primary N) is 1. The number of imidazole rings is 1. The molecule has 0 radical (unpaired) electrons. The molecule has 0 bridgehead atoms. The van der Waals surface area contributed by atoms with Gasteiger partial charge in [0.1, 0.15) is 23.2 Å². The predicted octanol–water partition coefficient (Wildman–Crippen LogP) is 5.27. The zero-order valence-corrected chi connectivity index (χ0v) is 23.0. The molecular weight excluding hydrogens is 587 g/mol. The summed E-state index contributed by atoms with van der Waals surface area (Å²) in [7, 11) is -4.31. The molecule has 0 fully saturated rings. The number of hydrogen-bond donors (Lipinski definition) is 2. The summed E-state index contributed by atoms with van der Waals surface area (Å²) in [5.41, 5.74) is 9.04. The molecule has 12 heteroatoms. The molecule has 6 aromatic rings. The van der Waals surface area contributed by atoms with E-state index in [2.05, 4.69) is 31.0 Å². The average molecular weight is 607 g/mol. The minimum atomic E-state index is -4.31. The molecule has 196 valence electrons. The number of halogens is 2. The summed E-state index contributed by atoms with van der Waals surface area (Å²) in [5.74, 6) is -0.660. The van der Waals surface area contributed by atoms with Crippen molar-refractivity contribution in [2.45, 2.75) is 18.7 Å². The van der Waals surface area contributed by atoms with Crippen LogP contribution in [0.5, 0.6) is 0 Å². The molecule has 0 amide bonds. The van der Waals surface area contributed by atoms with Gasteiger partial charge < -0.3 is 10.7 Å². The van der Waals surface area contributed by atoms with Crippen LogP contribution in [0.3, 0.4) is 0 Å². The van der Waals surface area contributed by atoms with Crippen LogP contribution >= 0.6 is 15.9 Å². The molecule has 3 N–H and O–H groups in total. The first kappa shape index (κ1) is 25.0. The molecule has 0 atom stereocenters. The maximum absolute atomic E-state index is 15.0. The number of hydrogen-bond acceptors (Lipinski definition) is 6. The lowest BCUT2D eigenvalue weighted by molar-refractivity contribution is 0.103. The number of rotatable bonds is 5. The second kappa shape index (κ2) is 8.89. The Morgan fingerprint density at radius 3 is 2.54 bits per heavy atom. The maximum Gasteiger partial charge on any atom is 0.268 e. The summed E-state index contributed by atoms with van der Waals surface area (Å²) in [4.78, 5) is 21.3. The van der Waals surface area contributed by atoms with Crippen LogP contribution < -0.4 is 5.73 Å². The number of H-pyrrole nitrogens is 1. The molecule has 39 heavy (non-hydrogen) atoms. The van der Waals surface area contributed by atoms with Gasteiger partial charge in [0.05, 0.1) is 38.9 Å². The first-order valence-electron chi connectivity index (χ1n) is 11.7. The van der Waals surface area contributed by atoms with Crippen LogP contribution in [0.25, 0.3) is 27.6 Å². The zero-order chi connectivity index (χ0) is 27.6. The standard InChI is InChI=1S/C27H20BrFN6O3S/c1-14-3-6-18(7-4-14)39(37,38)35-24-10-16(28)9-21(29)19(24)12-25(35)26(36)20-13-31-34(27(20)30)17-5-8-22-23(11-17)33-15(2)32-22/h3-13H,30H2,1-2H3,(H,32,33). The smallest absolute Gasteiger partial charge is 0.268 e. The number of fused-ring (bicyclic) bond motifs is 2. The highest BCUT2D eigenvalue weighted by molar-refractivity contribution is 9.10. The number of nitrogen functional groups attached to an aromatic ring is 1. The van der Waals surface area contributed by atoms with E-state index in [0.29, 0.717) is 10.2 Å². The van der Waals surface area contributed by atoms with Crippen molar-refractivity contribution in [2.75, 3.05) is 5.73 Å². The van der Waals surface area contributed by atoms with Crippen molar-refractivity contribution >= 4 is 59.5 Å². The lowest BCUT2D eigenvalue weighted by Gasteiger charge is -2.12. The van der Waals surface area contributed by atoms with Crippen LogP contribution in [0.4, 0.5) is 10.2 Å². The monoisotopic (exact) mass is 606 g/mol. The molecule has 0 aliphatic carbocycles. The number of aromatic nitrogens is 5. The molecule has 0 unspecified atom stereocenters. The maximum atomic E-state index is 15.0. The summed E-state index contributed by atoms with van der Waals surface area (Å²) in [6, 6.07) is 15.4. The molecule has 0 aliphatic rings. The number of ketones is 1. The molecule has 6 rings (SSSR count). The number of carbonyl (C=O) groups excluding carboxylic acids is 1. The van der Waals surface area contributed by atoms with Gasteiger partial charge in [0, 0.05) is 9.86 Å². The number of aryl methyl sites for hydroxylation is 2. The van der Waals surface area contributed by atoms with Gasteiger partial charge in [-0.3, -0.25) is 4.79 Å². The average Bonchev–Trinajstić information content (AvgIpc) is 3.57. The number of nitrogens with zero attached hydrogens (tertiary/aromatic N) is 4. The fraction of sp³-hybridized carbons (Fsp3) is 0.0741. The first-order chi connectivity index (χ1) is 18.5. The number of aromatic amines is 1. The molecule has 9 nitrogen and oxygen atoms in total. The third kappa shape index (κ3) is 4.03. The second-order valence-corrected chi connectivity index (χ2v) is 11.8. The largest absolute Gasteiger partial charge is 0.383 e. The molecular formula is C27H20BrFN6O3S. The van der Waals surface area contributed by atoms with Gasteiger partial charge in [-0.2, -0.15) is 5.10 Å². The molecule has 3 aromatic carbocycles. The summed E-state index contributed by atoms with van der Waals surface area (Å²) in [6.45, 7) is 3.67. The number of anilines is 1. The third-order valence-electron chi connectivity index (χ3n) is 6.46.